The second-order valence-electron chi connectivity index (χ2n) is 4.71. The van der Waals surface area contributed by atoms with Crippen LogP contribution in [0.3, 0.4) is 0 Å². The zero-order valence-corrected chi connectivity index (χ0v) is 12.2. The maximum absolute atomic E-state index is 12.8. The first kappa shape index (κ1) is 18.1. The van der Waals surface area contributed by atoms with Gasteiger partial charge in [-0.3, -0.25) is 10.5 Å². The van der Waals surface area contributed by atoms with E-state index in [-0.39, 0.29) is 17.7 Å². The number of aromatic nitrogens is 2. The largest absolute Gasteiger partial charge is 0.373 e. The molecule has 1 atom stereocenters. The molecule has 1 heterocycles. The average Bonchev–Trinajstić information content (AvgIpc) is 2.76. The van der Waals surface area contributed by atoms with Gasteiger partial charge in [-0.2, -0.15) is 13.9 Å². The van der Waals surface area contributed by atoms with Crippen molar-refractivity contribution in [3.05, 3.63) is 16.9 Å². The van der Waals surface area contributed by atoms with Crippen molar-refractivity contribution in [1.29, 1.82) is 0 Å². The van der Waals surface area contributed by atoms with Crippen molar-refractivity contribution in [1.82, 2.24) is 15.2 Å². The summed E-state index contributed by atoms with van der Waals surface area (Å²) in [7, 11) is 0. The Balaban J connectivity index is 2.75. The molecule has 0 aliphatic carbocycles. The van der Waals surface area contributed by atoms with Crippen molar-refractivity contribution >= 4 is 11.6 Å². The van der Waals surface area contributed by atoms with Crippen molar-refractivity contribution in [3.8, 4) is 0 Å². The number of nitrogens with one attached hydrogen (secondary N) is 1. The van der Waals surface area contributed by atoms with Gasteiger partial charge in [-0.25, -0.2) is 14.2 Å². The fraction of sp³-hybridized carbons (Fsp3) is 0.727. The van der Waals surface area contributed by atoms with Gasteiger partial charge in [-0.05, 0) is 13.8 Å². The number of hydrogen-bond acceptors (Lipinski definition) is 4. The third-order valence-electron chi connectivity index (χ3n) is 2.71. The van der Waals surface area contributed by atoms with Gasteiger partial charge in [0.15, 0.2) is 0 Å². The minimum absolute atomic E-state index is 0.0501. The first-order chi connectivity index (χ1) is 9.70. The van der Waals surface area contributed by atoms with Crippen LogP contribution in [0.25, 0.3) is 0 Å². The van der Waals surface area contributed by atoms with Crippen LogP contribution in [0.15, 0.2) is 6.20 Å². The van der Waals surface area contributed by atoms with Crippen LogP contribution in [0.4, 0.5) is 17.6 Å². The van der Waals surface area contributed by atoms with Gasteiger partial charge in [0.05, 0.1) is 29.6 Å². The highest BCUT2D eigenvalue weighted by atomic mass is 35.5. The monoisotopic (exact) mass is 332 g/mol. The van der Waals surface area contributed by atoms with Gasteiger partial charge in [-0.1, -0.05) is 11.6 Å². The van der Waals surface area contributed by atoms with Gasteiger partial charge in [0.2, 0.25) is 0 Å². The normalized spacial score (nSPS) is 14.2. The van der Waals surface area contributed by atoms with E-state index in [0.717, 1.165) is 0 Å². The molecule has 1 rings (SSSR count). The maximum Gasteiger partial charge on any atom is 0.330 e. The van der Waals surface area contributed by atoms with Crippen LogP contribution < -0.4 is 11.3 Å². The molecule has 1 aromatic heterocycles. The number of nitrogens with zero attached hydrogens (tertiary/aromatic N) is 2. The molecule has 0 aliphatic rings. The number of hydrogen-bond donors (Lipinski definition) is 2. The number of nitrogens with two attached hydrogens (primary N) is 1. The van der Waals surface area contributed by atoms with E-state index < -0.39 is 25.0 Å². The molecule has 1 aromatic rings. The summed E-state index contributed by atoms with van der Waals surface area (Å²) in [4.78, 5) is 0. The van der Waals surface area contributed by atoms with Crippen LogP contribution in [0.1, 0.15) is 31.6 Å². The quantitative estimate of drug-likeness (QED) is 0.436. The summed E-state index contributed by atoms with van der Waals surface area (Å²) in [6.07, 6.45) is -2.40. The number of halogens is 5. The molecule has 21 heavy (non-hydrogen) atoms. The predicted molar refractivity (Wildman–Crippen MR) is 69.5 cm³/mol. The molecule has 122 valence electrons. The summed E-state index contributed by atoms with van der Waals surface area (Å²) in [5.74, 6) is 1.14. The zero-order chi connectivity index (χ0) is 16.2. The molecule has 0 aliphatic heterocycles. The highest BCUT2D eigenvalue weighted by molar-refractivity contribution is 6.31. The first-order valence-electron chi connectivity index (χ1n) is 6.13. The summed E-state index contributed by atoms with van der Waals surface area (Å²) >= 11 is 5.98. The lowest BCUT2D eigenvalue weighted by Gasteiger charge is -2.22. The maximum atomic E-state index is 12.8. The third kappa shape index (κ3) is 4.53. The molecule has 0 aromatic carbocycles. The van der Waals surface area contributed by atoms with Crippen molar-refractivity contribution in [2.45, 2.75) is 38.3 Å². The van der Waals surface area contributed by atoms with Gasteiger partial charge in [0.25, 0.3) is 0 Å². The van der Waals surface area contributed by atoms with E-state index in [1.54, 1.807) is 4.68 Å². The standard InChI is InChI=1S/C11H17ClF4N4O/c1-6(2)20-9(7(12)3-18-20)8(19-17)4-21-5-11(15,16)10(13)14/h3,6,8,10,19H,4-5,17H2,1-2H3. The topological polar surface area (TPSA) is 65.1 Å². The molecule has 1 unspecified atom stereocenters. The van der Waals surface area contributed by atoms with E-state index in [9.17, 15) is 17.6 Å². The second kappa shape index (κ2) is 7.39. The zero-order valence-electron chi connectivity index (χ0n) is 11.5. The van der Waals surface area contributed by atoms with Crippen molar-refractivity contribution in [2.75, 3.05) is 13.2 Å². The molecular weight excluding hydrogens is 316 g/mol. The summed E-state index contributed by atoms with van der Waals surface area (Å²) in [6, 6.07) is -0.804. The summed E-state index contributed by atoms with van der Waals surface area (Å²) in [5.41, 5.74) is 2.79. The van der Waals surface area contributed by atoms with Crippen LogP contribution in [0.5, 0.6) is 0 Å². The van der Waals surface area contributed by atoms with Crippen LogP contribution >= 0.6 is 11.6 Å². The molecule has 0 amide bonds. The minimum Gasteiger partial charge on any atom is -0.373 e. The molecular formula is C11H17ClF4N4O. The molecule has 0 radical (unpaired) electrons. The van der Waals surface area contributed by atoms with Gasteiger partial charge in [0.1, 0.15) is 6.61 Å². The molecule has 0 fully saturated rings. The van der Waals surface area contributed by atoms with E-state index >= 15 is 0 Å². The van der Waals surface area contributed by atoms with E-state index in [4.69, 9.17) is 17.4 Å². The Morgan fingerprint density at radius 2 is 2.10 bits per heavy atom. The second-order valence-corrected chi connectivity index (χ2v) is 5.12. The van der Waals surface area contributed by atoms with E-state index in [0.29, 0.717) is 5.69 Å². The SMILES string of the molecule is CC(C)n1ncc(Cl)c1C(COCC(F)(F)C(F)F)NN. The minimum atomic E-state index is -4.21. The van der Waals surface area contributed by atoms with Crippen LogP contribution in [-0.2, 0) is 4.74 Å². The number of alkyl halides is 4. The van der Waals surface area contributed by atoms with E-state index in [1.807, 2.05) is 13.8 Å². The van der Waals surface area contributed by atoms with E-state index in [2.05, 4.69) is 15.3 Å². The average molecular weight is 333 g/mol. The highest BCUT2D eigenvalue weighted by Gasteiger charge is 2.41. The van der Waals surface area contributed by atoms with Gasteiger partial charge >= 0.3 is 12.3 Å². The van der Waals surface area contributed by atoms with Crippen LogP contribution in [0.2, 0.25) is 5.02 Å². The molecule has 0 bridgehead atoms. The Labute approximate surface area is 124 Å². The van der Waals surface area contributed by atoms with Gasteiger partial charge in [-0.15, -0.1) is 0 Å². The van der Waals surface area contributed by atoms with Crippen molar-refractivity contribution in [2.24, 2.45) is 5.84 Å². The summed E-state index contributed by atoms with van der Waals surface area (Å²) in [5, 5.41) is 4.31. The Hall–Kier alpha value is -0.900. The van der Waals surface area contributed by atoms with E-state index in [1.165, 1.54) is 6.20 Å². The Kier molecular flexibility index (Phi) is 6.39. The Bertz CT molecular complexity index is 455. The molecule has 5 nitrogen and oxygen atoms in total. The fourth-order valence-electron chi connectivity index (χ4n) is 1.67. The van der Waals surface area contributed by atoms with Crippen LogP contribution in [0, 0.1) is 0 Å². The molecule has 10 heteroatoms. The van der Waals surface area contributed by atoms with Gasteiger partial charge < -0.3 is 4.74 Å². The number of hydrazine groups is 1. The molecule has 3 N–H and O–H groups in total. The Morgan fingerprint density at radius 3 is 2.57 bits per heavy atom. The smallest absolute Gasteiger partial charge is 0.330 e. The fourth-order valence-corrected chi connectivity index (χ4v) is 1.93. The molecule has 0 spiro atoms. The third-order valence-corrected chi connectivity index (χ3v) is 3.00. The van der Waals surface area contributed by atoms with Gasteiger partial charge in [0, 0.05) is 6.04 Å². The number of ether oxygens (including phenoxy) is 1. The number of rotatable bonds is 8. The first-order valence-corrected chi connectivity index (χ1v) is 6.51. The lowest BCUT2D eigenvalue weighted by molar-refractivity contribution is -0.167. The van der Waals surface area contributed by atoms with Crippen LogP contribution in [-0.4, -0.2) is 35.3 Å². The molecule has 0 saturated carbocycles. The lowest BCUT2D eigenvalue weighted by atomic mass is 10.2. The lowest BCUT2D eigenvalue weighted by Crippen LogP contribution is -2.37. The predicted octanol–water partition coefficient (Wildman–Crippen LogP) is 2.54. The summed E-state index contributed by atoms with van der Waals surface area (Å²) in [6.45, 7) is 1.92. The van der Waals surface area contributed by atoms with Crippen molar-refractivity contribution < 1.29 is 22.3 Å². The van der Waals surface area contributed by atoms with Crippen molar-refractivity contribution in [3.63, 3.8) is 0 Å². The summed E-state index contributed by atoms with van der Waals surface area (Å²) < 4.78 is 55.8. The molecule has 0 saturated heterocycles. The Morgan fingerprint density at radius 1 is 1.48 bits per heavy atom. The highest BCUT2D eigenvalue weighted by Crippen LogP contribution is 2.27.